The quantitative estimate of drug-likeness (QED) is 0.741. The van der Waals surface area contributed by atoms with Gasteiger partial charge in [-0.15, -0.1) is 0 Å². The molecule has 3 aromatic rings. The van der Waals surface area contributed by atoms with Crippen LogP contribution in [0.3, 0.4) is 0 Å². The van der Waals surface area contributed by atoms with Crippen LogP contribution in [0.2, 0.25) is 0 Å². The highest BCUT2D eigenvalue weighted by Gasteiger charge is 2.11. The first-order valence-electron chi connectivity index (χ1n) is 5.71. The summed E-state index contributed by atoms with van der Waals surface area (Å²) >= 11 is 0. The Labute approximate surface area is 108 Å². The van der Waals surface area contributed by atoms with Gasteiger partial charge in [0.1, 0.15) is 12.2 Å². The molecule has 0 bridgehead atoms. The van der Waals surface area contributed by atoms with Gasteiger partial charge in [-0.25, -0.2) is 9.97 Å². The second-order valence-corrected chi connectivity index (χ2v) is 4.06. The maximum absolute atomic E-state index is 10.6. The number of hydrogen-bond acceptors (Lipinski definition) is 4. The molecule has 1 aromatic carbocycles. The van der Waals surface area contributed by atoms with Crippen molar-refractivity contribution in [3.05, 3.63) is 42.4 Å². The van der Waals surface area contributed by atoms with Crippen molar-refractivity contribution < 1.29 is 9.90 Å². The van der Waals surface area contributed by atoms with Gasteiger partial charge in [-0.1, -0.05) is 30.3 Å². The Morgan fingerprint density at radius 2 is 2.05 bits per heavy atom. The molecule has 6 heteroatoms. The number of aromatic nitrogens is 4. The van der Waals surface area contributed by atoms with Crippen molar-refractivity contribution in [3.8, 4) is 11.3 Å². The lowest BCUT2D eigenvalue weighted by Crippen LogP contribution is -2.04. The molecule has 0 saturated heterocycles. The van der Waals surface area contributed by atoms with E-state index in [4.69, 9.17) is 5.11 Å². The molecule has 0 aliphatic carbocycles. The van der Waals surface area contributed by atoms with Gasteiger partial charge in [0.05, 0.1) is 11.1 Å². The molecular formula is C13H10N4O2. The lowest BCUT2D eigenvalue weighted by molar-refractivity contribution is -0.136. The fraction of sp³-hybridized carbons (Fsp3) is 0.0769. The smallest absolute Gasteiger partial charge is 0.311 e. The molecule has 19 heavy (non-hydrogen) atoms. The summed E-state index contributed by atoms with van der Waals surface area (Å²) in [5.41, 5.74) is 2.29. The number of aromatic amines is 1. The average Bonchev–Trinajstić information content (AvgIpc) is 2.82. The van der Waals surface area contributed by atoms with E-state index in [2.05, 4.69) is 20.2 Å². The maximum Gasteiger partial charge on any atom is 0.311 e. The number of fused-ring (bicyclic) bond motifs is 1. The SMILES string of the molecule is O=C(O)Cc1ncc2c(-c3ccccc3)[nH]nc2n1. The van der Waals surface area contributed by atoms with E-state index in [0.29, 0.717) is 5.65 Å². The fourth-order valence-corrected chi connectivity index (χ4v) is 1.88. The van der Waals surface area contributed by atoms with Crippen LogP contribution in [0.5, 0.6) is 0 Å². The number of aliphatic carboxylic acids is 1. The minimum absolute atomic E-state index is 0.205. The first kappa shape index (κ1) is 11.3. The van der Waals surface area contributed by atoms with Gasteiger partial charge in [0.25, 0.3) is 0 Å². The van der Waals surface area contributed by atoms with Gasteiger partial charge in [0, 0.05) is 11.8 Å². The summed E-state index contributed by atoms with van der Waals surface area (Å²) in [6.07, 6.45) is 1.40. The summed E-state index contributed by atoms with van der Waals surface area (Å²) in [4.78, 5) is 18.8. The number of H-pyrrole nitrogens is 1. The van der Waals surface area contributed by atoms with E-state index in [1.165, 1.54) is 0 Å². The highest BCUT2D eigenvalue weighted by Crippen LogP contribution is 2.24. The summed E-state index contributed by atoms with van der Waals surface area (Å²) in [5.74, 6) is -0.704. The van der Waals surface area contributed by atoms with Gasteiger partial charge in [0.15, 0.2) is 5.65 Å². The summed E-state index contributed by atoms with van der Waals surface area (Å²) in [7, 11) is 0. The maximum atomic E-state index is 10.6. The Hall–Kier alpha value is -2.76. The van der Waals surface area contributed by atoms with E-state index in [9.17, 15) is 4.79 Å². The normalized spacial score (nSPS) is 10.7. The van der Waals surface area contributed by atoms with Crippen LogP contribution < -0.4 is 0 Å². The predicted octanol–water partition coefficient (Wildman–Crippen LogP) is 1.65. The summed E-state index contributed by atoms with van der Waals surface area (Å²) < 4.78 is 0. The van der Waals surface area contributed by atoms with Crippen LogP contribution in [0.25, 0.3) is 22.3 Å². The molecule has 0 aliphatic rings. The highest BCUT2D eigenvalue weighted by molar-refractivity contribution is 5.90. The van der Waals surface area contributed by atoms with Crippen LogP contribution in [0, 0.1) is 0 Å². The molecule has 94 valence electrons. The van der Waals surface area contributed by atoms with Crippen molar-refractivity contribution in [1.29, 1.82) is 0 Å². The van der Waals surface area contributed by atoms with Crippen LogP contribution in [-0.2, 0) is 11.2 Å². The van der Waals surface area contributed by atoms with Gasteiger partial charge in [-0.3, -0.25) is 9.89 Å². The van der Waals surface area contributed by atoms with E-state index < -0.39 is 5.97 Å². The summed E-state index contributed by atoms with van der Waals surface area (Å²) in [6.45, 7) is 0. The number of carboxylic acid groups (broad SMARTS) is 1. The summed E-state index contributed by atoms with van der Waals surface area (Å²) in [5, 5.41) is 16.5. The largest absolute Gasteiger partial charge is 0.481 e. The zero-order valence-electron chi connectivity index (χ0n) is 9.87. The van der Waals surface area contributed by atoms with Crippen LogP contribution in [0.4, 0.5) is 0 Å². The third kappa shape index (κ3) is 2.15. The molecule has 2 aromatic heterocycles. The Balaban J connectivity index is 2.08. The van der Waals surface area contributed by atoms with E-state index in [1.807, 2.05) is 30.3 Å². The van der Waals surface area contributed by atoms with Gasteiger partial charge in [0.2, 0.25) is 0 Å². The number of hydrogen-bond donors (Lipinski definition) is 2. The molecule has 0 saturated carbocycles. The monoisotopic (exact) mass is 254 g/mol. The molecular weight excluding hydrogens is 244 g/mol. The summed E-state index contributed by atoms with van der Waals surface area (Å²) in [6, 6.07) is 9.71. The van der Waals surface area contributed by atoms with E-state index in [1.54, 1.807) is 6.20 Å². The van der Waals surface area contributed by atoms with Crippen LogP contribution in [0.15, 0.2) is 36.5 Å². The Bertz CT molecular complexity index is 737. The third-order valence-electron chi connectivity index (χ3n) is 2.73. The first-order valence-corrected chi connectivity index (χ1v) is 5.71. The lowest BCUT2D eigenvalue weighted by atomic mass is 10.1. The van der Waals surface area contributed by atoms with Gasteiger partial charge in [-0.2, -0.15) is 5.10 Å². The number of nitrogens with one attached hydrogen (secondary N) is 1. The molecule has 2 heterocycles. The number of carboxylic acids is 1. The minimum atomic E-state index is -0.960. The van der Waals surface area contributed by atoms with Gasteiger partial charge < -0.3 is 5.11 Å². The number of carbonyl (C=O) groups is 1. The van der Waals surface area contributed by atoms with Crippen molar-refractivity contribution in [2.75, 3.05) is 0 Å². The number of benzene rings is 1. The molecule has 0 radical (unpaired) electrons. The molecule has 3 rings (SSSR count). The molecule has 0 unspecified atom stereocenters. The second-order valence-electron chi connectivity index (χ2n) is 4.06. The van der Waals surface area contributed by atoms with Crippen molar-refractivity contribution in [2.24, 2.45) is 0 Å². The zero-order valence-corrected chi connectivity index (χ0v) is 9.87. The van der Waals surface area contributed by atoms with Crippen molar-refractivity contribution >= 4 is 17.0 Å². The Morgan fingerprint density at radius 3 is 2.79 bits per heavy atom. The topological polar surface area (TPSA) is 91.8 Å². The van der Waals surface area contributed by atoms with Gasteiger partial charge in [-0.05, 0) is 0 Å². The average molecular weight is 254 g/mol. The highest BCUT2D eigenvalue weighted by atomic mass is 16.4. The molecule has 2 N–H and O–H groups in total. The van der Waals surface area contributed by atoms with E-state index in [-0.39, 0.29) is 12.2 Å². The molecule has 0 spiro atoms. The van der Waals surface area contributed by atoms with Crippen LogP contribution >= 0.6 is 0 Å². The van der Waals surface area contributed by atoms with Crippen molar-refractivity contribution in [3.63, 3.8) is 0 Å². The molecule has 0 amide bonds. The first-order chi connectivity index (χ1) is 9.24. The molecule has 0 atom stereocenters. The Kier molecular flexibility index (Phi) is 2.68. The van der Waals surface area contributed by atoms with Crippen LogP contribution in [-0.4, -0.2) is 31.2 Å². The molecule has 0 aliphatic heterocycles. The standard InChI is InChI=1S/C13H10N4O2/c18-11(19)6-10-14-7-9-12(16-17-13(9)15-10)8-4-2-1-3-5-8/h1-5,7H,6H2,(H,18,19)(H,14,15,16,17). The van der Waals surface area contributed by atoms with Crippen molar-refractivity contribution in [2.45, 2.75) is 6.42 Å². The van der Waals surface area contributed by atoms with Crippen LogP contribution in [0.1, 0.15) is 5.82 Å². The fourth-order valence-electron chi connectivity index (χ4n) is 1.88. The zero-order chi connectivity index (χ0) is 13.2. The number of rotatable bonds is 3. The number of nitrogens with zero attached hydrogens (tertiary/aromatic N) is 3. The van der Waals surface area contributed by atoms with Gasteiger partial charge >= 0.3 is 5.97 Å². The predicted molar refractivity (Wildman–Crippen MR) is 68.5 cm³/mol. The second kappa shape index (κ2) is 4.49. The minimum Gasteiger partial charge on any atom is -0.481 e. The molecule has 6 nitrogen and oxygen atoms in total. The van der Waals surface area contributed by atoms with E-state index >= 15 is 0 Å². The van der Waals surface area contributed by atoms with Crippen molar-refractivity contribution in [1.82, 2.24) is 20.2 Å². The molecule has 0 fully saturated rings. The van der Waals surface area contributed by atoms with E-state index in [0.717, 1.165) is 16.6 Å². The third-order valence-corrected chi connectivity index (χ3v) is 2.73. The lowest BCUT2D eigenvalue weighted by Gasteiger charge is -1.98. The Morgan fingerprint density at radius 1 is 1.26 bits per heavy atom.